The van der Waals surface area contributed by atoms with Crippen LogP contribution in [-0.2, 0) is 11.2 Å². The molecule has 0 aliphatic rings. The predicted octanol–water partition coefficient (Wildman–Crippen LogP) is 1.75. The first-order valence-corrected chi connectivity index (χ1v) is 9.56. The molecule has 0 saturated heterocycles. The number of aromatic amines is 1. The van der Waals surface area contributed by atoms with Crippen molar-refractivity contribution in [1.82, 2.24) is 15.3 Å². The van der Waals surface area contributed by atoms with Gasteiger partial charge in [-0.2, -0.15) is 4.98 Å². The van der Waals surface area contributed by atoms with Gasteiger partial charge in [0.05, 0.1) is 25.5 Å². The molecule has 1 aromatic carbocycles. The lowest BCUT2D eigenvalue weighted by atomic mass is 10.1. The smallest absolute Gasteiger partial charge is 0.346 e. The van der Waals surface area contributed by atoms with Gasteiger partial charge < -0.3 is 19.8 Å². The van der Waals surface area contributed by atoms with Gasteiger partial charge in [-0.15, -0.1) is 0 Å². The van der Waals surface area contributed by atoms with E-state index in [-0.39, 0.29) is 22.5 Å². The van der Waals surface area contributed by atoms with Crippen LogP contribution >= 0.6 is 11.8 Å². The second kappa shape index (κ2) is 9.93. The SMILES string of the molecule is COc1ccc(CCNC(=O)CSc2nc(=O)[nH]c(C)c2C(C)=O)cc1OC. The van der Waals surface area contributed by atoms with Crippen LogP contribution in [0.15, 0.2) is 28.0 Å². The summed E-state index contributed by atoms with van der Waals surface area (Å²) in [7, 11) is 3.14. The number of rotatable bonds is 9. The number of thioether (sulfide) groups is 1. The molecule has 0 aliphatic carbocycles. The van der Waals surface area contributed by atoms with Gasteiger partial charge in [0.1, 0.15) is 5.03 Å². The molecule has 0 aliphatic heterocycles. The van der Waals surface area contributed by atoms with Gasteiger partial charge in [-0.1, -0.05) is 17.8 Å². The summed E-state index contributed by atoms with van der Waals surface area (Å²) >= 11 is 1.07. The minimum atomic E-state index is -0.543. The number of amides is 1. The molecular formula is C19H23N3O5S. The molecule has 1 heterocycles. The molecule has 2 aromatic rings. The second-order valence-electron chi connectivity index (χ2n) is 5.98. The molecule has 1 amide bonds. The molecule has 2 N–H and O–H groups in total. The Balaban J connectivity index is 1.91. The fourth-order valence-electron chi connectivity index (χ4n) is 2.65. The van der Waals surface area contributed by atoms with Crippen molar-refractivity contribution in [3.05, 3.63) is 45.5 Å². The Hall–Kier alpha value is -2.81. The van der Waals surface area contributed by atoms with Crippen LogP contribution in [0.25, 0.3) is 0 Å². The highest BCUT2D eigenvalue weighted by Crippen LogP contribution is 2.27. The number of carbonyl (C=O) groups is 2. The Morgan fingerprint density at radius 1 is 1.21 bits per heavy atom. The van der Waals surface area contributed by atoms with Gasteiger partial charge >= 0.3 is 5.69 Å². The highest BCUT2D eigenvalue weighted by molar-refractivity contribution is 8.00. The lowest BCUT2D eigenvalue weighted by Gasteiger charge is -2.10. The number of hydrogen-bond acceptors (Lipinski definition) is 7. The Morgan fingerprint density at radius 2 is 1.93 bits per heavy atom. The highest BCUT2D eigenvalue weighted by Gasteiger charge is 2.15. The molecule has 28 heavy (non-hydrogen) atoms. The number of carbonyl (C=O) groups excluding carboxylic acids is 2. The van der Waals surface area contributed by atoms with Crippen molar-refractivity contribution in [3.63, 3.8) is 0 Å². The van der Waals surface area contributed by atoms with Crippen LogP contribution in [0.3, 0.4) is 0 Å². The highest BCUT2D eigenvalue weighted by atomic mass is 32.2. The number of aromatic nitrogens is 2. The van der Waals surface area contributed by atoms with Crippen LogP contribution in [0.2, 0.25) is 0 Å². The average Bonchev–Trinajstić information content (AvgIpc) is 2.65. The van der Waals surface area contributed by atoms with E-state index in [4.69, 9.17) is 9.47 Å². The molecule has 0 fully saturated rings. The third-order valence-corrected chi connectivity index (χ3v) is 4.94. The third kappa shape index (κ3) is 5.59. The van der Waals surface area contributed by atoms with Crippen LogP contribution < -0.4 is 20.5 Å². The standard InChI is InChI=1S/C19H23N3O5S/c1-11-17(12(2)23)18(22-19(25)21-11)28-10-16(24)20-8-7-13-5-6-14(26-3)15(9-13)27-4/h5-6,9H,7-8,10H2,1-4H3,(H,20,24)(H,21,22,25). The van der Waals surface area contributed by atoms with Crippen LogP contribution in [0.4, 0.5) is 0 Å². The number of nitrogens with one attached hydrogen (secondary N) is 2. The lowest BCUT2D eigenvalue weighted by Crippen LogP contribution is -2.27. The maximum absolute atomic E-state index is 12.1. The number of hydrogen-bond donors (Lipinski definition) is 2. The van der Waals surface area contributed by atoms with Gasteiger partial charge in [-0.05, 0) is 38.0 Å². The summed E-state index contributed by atoms with van der Waals surface area (Å²) in [6, 6.07) is 5.59. The van der Waals surface area contributed by atoms with Gasteiger partial charge in [-0.3, -0.25) is 9.59 Å². The van der Waals surface area contributed by atoms with E-state index in [1.165, 1.54) is 6.92 Å². The molecule has 0 radical (unpaired) electrons. The molecule has 1 aromatic heterocycles. The van der Waals surface area contributed by atoms with Crippen molar-refractivity contribution < 1.29 is 19.1 Å². The number of Topliss-reactive ketones (excluding diaryl/α,β-unsaturated/α-hetero) is 1. The van der Waals surface area contributed by atoms with Crippen molar-refractivity contribution in [2.75, 3.05) is 26.5 Å². The summed E-state index contributed by atoms with van der Waals surface area (Å²) in [6.45, 7) is 3.47. The summed E-state index contributed by atoms with van der Waals surface area (Å²) < 4.78 is 10.5. The zero-order valence-electron chi connectivity index (χ0n) is 16.3. The molecule has 150 valence electrons. The fourth-order valence-corrected chi connectivity index (χ4v) is 3.60. The molecule has 0 saturated carbocycles. The number of aryl methyl sites for hydroxylation is 1. The van der Waals surface area contributed by atoms with E-state index in [1.54, 1.807) is 21.1 Å². The van der Waals surface area contributed by atoms with E-state index < -0.39 is 5.69 Å². The van der Waals surface area contributed by atoms with E-state index >= 15 is 0 Å². The molecule has 0 bridgehead atoms. The Bertz CT molecular complexity index is 926. The number of H-pyrrole nitrogens is 1. The van der Waals surface area contributed by atoms with E-state index in [2.05, 4.69) is 15.3 Å². The lowest BCUT2D eigenvalue weighted by molar-refractivity contribution is -0.118. The van der Waals surface area contributed by atoms with E-state index in [0.29, 0.717) is 35.7 Å². The van der Waals surface area contributed by atoms with Crippen molar-refractivity contribution in [3.8, 4) is 11.5 Å². The van der Waals surface area contributed by atoms with Gasteiger partial charge in [0.15, 0.2) is 17.3 Å². The van der Waals surface area contributed by atoms with E-state index in [1.807, 2.05) is 18.2 Å². The minimum absolute atomic E-state index is 0.0576. The zero-order chi connectivity index (χ0) is 20.7. The number of benzene rings is 1. The molecule has 8 nitrogen and oxygen atoms in total. The predicted molar refractivity (Wildman–Crippen MR) is 107 cm³/mol. The third-order valence-electron chi connectivity index (χ3n) is 3.96. The molecule has 2 rings (SSSR count). The first-order valence-electron chi connectivity index (χ1n) is 8.58. The number of nitrogens with zero attached hydrogens (tertiary/aromatic N) is 1. The van der Waals surface area contributed by atoms with Crippen LogP contribution in [0.5, 0.6) is 11.5 Å². The summed E-state index contributed by atoms with van der Waals surface area (Å²) in [5, 5.41) is 3.08. The molecule has 0 atom stereocenters. The second-order valence-corrected chi connectivity index (χ2v) is 6.95. The topological polar surface area (TPSA) is 110 Å². The quantitative estimate of drug-likeness (QED) is 0.371. The average molecular weight is 405 g/mol. The van der Waals surface area contributed by atoms with Crippen LogP contribution in [0, 0.1) is 6.92 Å². The maximum Gasteiger partial charge on any atom is 0.346 e. The van der Waals surface area contributed by atoms with Crippen molar-refractivity contribution in [2.24, 2.45) is 0 Å². The number of ether oxygens (including phenoxy) is 2. The molecule has 0 spiro atoms. The zero-order valence-corrected chi connectivity index (χ0v) is 17.1. The summed E-state index contributed by atoms with van der Waals surface area (Å²) in [4.78, 5) is 41.7. The number of ketones is 1. The van der Waals surface area contributed by atoms with Gasteiger partial charge in [0, 0.05) is 12.2 Å². The first-order chi connectivity index (χ1) is 13.3. The normalized spacial score (nSPS) is 10.4. The monoisotopic (exact) mass is 405 g/mol. The van der Waals surface area contributed by atoms with Crippen molar-refractivity contribution in [1.29, 1.82) is 0 Å². The van der Waals surface area contributed by atoms with Crippen LogP contribution in [0.1, 0.15) is 28.5 Å². The summed E-state index contributed by atoms with van der Waals surface area (Å²) in [5.74, 6) is 0.919. The van der Waals surface area contributed by atoms with Crippen molar-refractivity contribution >= 4 is 23.5 Å². The largest absolute Gasteiger partial charge is 0.493 e. The molecular weight excluding hydrogens is 382 g/mol. The number of methoxy groups -OCH3 is 2. The Morgan fingerprint density at radius 3 is 2.57 bits per heavy atom. The maximum atomic E-state index is 12.1. The van der Waals surface area contributed by atoms with Crippen molar-refractivity contribution in [2.45, 2.75) is 25.3 Å². The first kappa shape index (κ1) is 21.5. The van der Waals surface area contributed by atoms with Gasteiger partial charge in [0.25, 0.3) is 0 Å². The minimum Gasteiger partial charge on any atom is -0.493 e. The van der Waals surface area contributed by atoms with Gasteiger partial charge in [0.2, 0.25) is 5.91 Å². The fraction of sp³-hybridized carbons (Fsp3) is 0.368. The van der Waals surface area contributed by atoms with Gasteiger partial charge in [-0.25, -0.2) is 4.79 Å². The van der Waals surface area contributed by atoms with E-state index in [9.17, 15) is 14.4 Å². The van der Waals surface area contributed by atoms with Crippen LogP contribution in [-0.4, -0.2) is 48.2 Å². The molecule has 0 unspecified atom stereocenters. The molecule has 9 heteroatoms. The Labute approximate surface area is 167 Å². The summed E-state index contributed by atoms with van der Waals surface area (Å²) in [6.07, 6.45) is 0.623. The summed E-state index contributed by atoms with van der Waals surface area (Å²) in [5.41, 5.74) is 1.24. The van der Waals surface area contributed by atoms with E-state index in [0.717, 1.165) is 17.3 Å². The Kier molecular flexibility index (Phi) is 7.62.